The van der Waals surface area contributed by atoms with Gasteiger partial charge in [-0.15, -0.1) is 0 Å². The van der Waals surface area contributed by atoms with E-state index in [0.29, 0.717) is 41.1 Å². The van der Waals surface area contributed by atoms with Crippen molar-refractivity contribution >= 4 is 5.82 Å². The number of nitrogens with zero attached hydrogens (tertiary/aromatic N) is 4. The molecule has 9 heteroatoms. The van der Waals surface area contributed by atoms with Gasteiger partial charge in [0.1, 0.15) is 5.82 Å². The van der Waals surface area contributed by atoms with E-state index in [1.165, 1.54) is 6.20 Å². The quantitative estimate of drug-likeness (QED) is 0.711. The Morgan fingerprint density at radius 2 is 1.91 bits per heavy atom. The SMILES string of the molecule is CCC(C)n1nc(-c2cnc(N)c(C(F)(F)F)c2)cc1C1C2CC(N(C)C3COC3)CC21. The van der Waals surface area contributed by atoms with Gasteiger partial charge in [0.15, 0.2) is 0 Å². The highest BCUT2D eigenvalue weighted by Crippen LogP contribution is 2.64. The molecule has 0 aromatic carbocycles. The molecule has 0 amide bonds. The lowest BCUT2D eigenvalue weighted by atomic mass is 10.0. The van der Waals surface area contributed by atoms with Gasteiger partial charge in [-0.2, -0.15) is 18.3 Å². The molecule has 1 aliphatic heterocycles. The van der Waals surface area contributed by atoms with E-state index in [9.17, 15) is 13.2 Å². The summed E-state index contributed by atoms with van der Waals surface area (Å²) in [7, 11) is 2.20. The number of ether oxygens (including phenoxy) is 1. The van der Waals surface area contributed by atoms with Crippen molar-refractivity contribution in [3.05, 3.63) is 29.6 Å². The molecule has 5 rings (SSSR count). The molecular formula is C23H30F3N5O. The normalized spacial score (nSPS) is 28.6. The first-order valence-electron chi connectivity index (χ1n) is 11.4. The fourth-order valence-electron chi connectivity index (χ4n) is 5.51. The summed E-state index contributed by atoms with van der Waals surface area (Å²) in [6.45, 7) is 5.85. The first-order valence-corrected chi connectivity index (χ1v) is 11.4. The Morgan fingerprint density at radius 3 is 2.47 bits per heavy atom. The van der Waals surface area contributed by atoms with Crippen molar-refractivity contribution in [1.82, 2.24) is 19.7 Å². The van der Waals surface area contributed by atoms with Gasteiger partial charge in [0, 0.05) is 35.5 Å². The summed E-state index contributed by atoms with van der Waals surface area (Å²) in [4.78, 5) is 6.27. The summed E-state index contributed by atoms with van der Waals surface area (Å²) in [6.07, 6.45) is 0.0548. The third kappa shape index (κ3) is 3.59. The van der Waals surface area contributed by atoms with Crippen LogP contribution in [0.2, 0.25) is 0 Å². The number of fused-ring (bicyclic) bond motifs is 1. The lowest BCUT2D eigenvalue weighted by Crippen LogP contribution is -2.51. The molecule has 3 unspecified atom stereocenters. The van der Waals surface area contributed by atoms with Crippen LogP contribution in [0.25, 0.3) is 11.3 Å². The van der Waals surface area contributed by atoms with Crippen molar-refractivity contribution in [2.24, 2.45) is 11.8 Å². The van der Waals surface area contributed by atoms with Gasteiger partial charge in [0.05, 0.1) is 30.5 Å². The van der Waals surface area contributed by atoms with Gasteiger partial charge in [0.25, 0.3) is 0 Å². The minimum atomic E-state index is -4.55. The predicted octanol–water partition coefficient (Wildman–Crippen LogP) is 4.34. The number of alkyl halides is 3. The lowest BCUT2D eigenvalue weighted by molar-refractivity contribution is -0.137. The highest BCUT2D eigenvalue weighted by molar-refractivity contribution is 5.63. The number of halogens is 3. The molecule has 0 radical (unpaired) electrons. The highest BCUT2D eigenvalue weighted by Gasteiger charge is 2.59. The molecule has 2 saturated carbocycles. The van der Waals surface area contributed by atoms with Crippen molar-refractivity contribution in [3.8, 4) is 11.3 Å². The molecule has 3 fully saturated rings. The summed E-state index contributed by atoms with van der Waals surface area (Å²) in [6, 6.07) is 4.34. The molecule has 3 atom stereocenters. The van der Waals surface area contributed by atoms with Gasteiger partial charge in [-0.1, -0.05) is 6.92 Å². The van der Waals surface area contributed by atoms with Gasteiger partial charge in [-0.25, -0.2) is 4.98 Å². The second-order valence-electron chi connectivity index (χ2n) is 9.65. The maximum absolute atomic E-state index is 13.3. The van der Waals surface area contributed by atoms with Crippen LogP contribution < -0.4 is 5.73 Å². The summed E-state index contributed by atoms with van der Waals surface area (Å²) in [5.41, 5.74) is 6.59. The van der Waals surface area contributed by atoms with E-state index >= 15 is 0 Å². The molecule has 174 valence electrons. The highest BCUT2D eigenvalue weighted by atomic mass is 19.4. The third-order valence-corrected chi connectivity index (χ3v) is 7.83. The minimum Gasteiger partial charge on any atom is -0.383 e. The van der Waals surface area contributed by atoms with Gasteiger partial charge < -0.3 is 10.5 Å². The van der Waals surface area contributed by atoms with Crippen LogP contribution in [0.3, 0.4) is 0 Å². The van der Waals surface area contributed by atoms with Crippen LogP contribution in [0.1, 0.15) is 56.3 Å². The Bertz CT molecular complexity index is 990. The molecule has 3 aliphatic rings. The fourth-order valence-corrected chi connectivity index (χ4v) is 5.51. The first kappa shape index (κ1) is 21.7. The first-order chi connectivity index (χ1) is 15.2. The molecule has 0 spiro atoms. The number of anilines is 1. The zero-order valence-corrected chi connectivity index (χ0v) is 18.6. The number of nitrogen functional groups attached to an aromatic ring is 1. The van der Waals surface area contributed by atoms with Crippen LogP contribution in [0.4, 0.5) is 19.0 Å². The smallest absolute Gasteiger partial charge is 0.383 e. The maximum atomic E-state index is 13.3. The molecule has 1 saturated heterocycles. The number of pyridine rings is 1. The molecule has 6 nitrogen and oxygen atoms in total. The maximum Gasteiger partial charge on any atom is 0.419 e. The van der Waals surface area contributed by atoms with Gasteiger partial charge in [-0.3, -0.25) is 9.58 Å². The van der Waals surface area contributed by atoms with Gasteiger partial charge in [-0.05, 0) is 57.2 Å². The number of hydrogen-bond donors (Lipinski definition) is 1. The standard InChI is InChI=1S/C23H30F3N5O/c1-4-12(2)31-20(21-16-6-14(7-17(16)21)30(3)15-10-32-11-15)8-19(29-31)13-5-18(23(24,25)26)22(27)28-9-13/h5,8-9,12,14-17,21H,4,6-7,10-11H2,1-3H3,(H2,27,28). The molecule has 2 N–H and O–H groups in total. The molecule has 2 aliphatic carbocycles. The topological polar surface area (TPSA) is 69.2 Å². The molecular weight excluding hydrogens is 419 g/mol. The predicted molar refractivity (Wildman–Crippen MR) is 115 cm³/mol. The van der Waals surface area contributed by atoms with E-state index in [2.05, 4.69) is 30.8 Å². The van der Waals surface area contributed by atoms with Crippen LogP contribution in [0.15, 0.2) is 18.3 Å². The van der Waals surface area contributed by atoms with E-state index in [1.807, 2.05) is 10.7 Å². The van der Waals surface area contributed by atoms with Crippen LogP contribution in [-0.4, -0.2) is 52.0 Å². The monoisotopic (exact) mass is 449 g/mol. The van der Waals surface area contributed by atoms with Crippen molar-refractivity contribution in [2.45, 2.75) is 63.3 Å². The summed E-state index contributed by atoms with van der Waals surface area (Å²) >= 11 is 0. The Morgan fingerprint density at radius 1 is 1.22 bits per heavy atom. The van der Waals surface area contributed by atoms with Crippen molar-refractivity contribution < 1.29 is 17.9 Å². The third-order valence-electron chi connectivity index (χ3n) is 7.83. The van der Waals surface area contributed by atoms with Crippen molar-refractivity contribution in [2.75, 3.05) is 26.0 Å². The molecule has 2 aromatic heterocycles. The number of nitrogens with two attached hydrogens (primary N) is 1. The van der Waals surface area contributed by atoms with E-state index < -0.39 is 17.6 Å². The number of hydrogen-bond acceptors (Lipinski definition) is 5. The number of aromatic nitrogens is 3. The zero-order valence-electron chi connectivity index (χ0n) is 18.6. The Hall–Kier alpha value is -2.13. The van der Waals surface area contributed by atoms with Crippen LogP contribution >= 0.6 is 0 Å². The van der Waals surface area contributed by atoms with E-state index in [-0.39, 0.29) is 6.04 Å². The molecule has 2 aromatic rings. The zero-order chi connectivity index (χ0) is 22.8. The molecule has 32 heavy (non-hydrogen) atoms. The average Bonchev–Trinajstić information content (AvgIpc) is 3.07. The Kier molecular flexibility index (Phi) is 5.24. The van der Waals surface area contributed by atoms with E-state index in [0.717, 1.165) is 44.2 Å². The molecule has 0 bridgehead atoms. The number of likely N-dealkylation sites (N-methyl/N-ethyl adjacent to an activating group) is 1. The molecule has 3 heterocycles. The van der Waals surface area contributed by atoms with E-state index in [1.54, 1.807) is 0 Å². The lowest BCUT2D eigenvalue weighted by Gasteiger charge is -2.39. The second-order valence-corrected chi connectivity index (χ2v) is 9.65. The minimum absolute atomic E-state index is 0.175. The largest absolute Gasteiger partial charge is 0.419 e. The fraction of sp³-hybridized carbons (Fsp3) is 0.652. The summed E-state index contributed by atoms with van der Waals surface area (Å²) < 4.78 is 47.4. The van der Waals surface area contributed by atoms with Gasteiger partial charge >= 0.3 is 6.18 Å². The summed E-state index contributed by atoms with van der Waals surface area (Å²) in [5.74, 6) is 1.15. The summed E-state index contributed by atoms with van der Waals surface area (Å²) in [5, 5.41) is 4.74. The van der Waals surface area contributed by atoms with Crippen molar-refractivity contribution in [3.63, 3.8) is 0 Å². The average molecular weight is 450 g/mol. The van der Waals surface area contributed by atoms with Gasteiger partial charge in [0.2, 0.25) is 0 Å². The Labute approximate surface area is 185 Å². The van der Waals surface area contributed by atoms with Crippen molar-refractivity contribution in [1.29, 1.82) is 0 Å². The Balaban J connectivity index is 1.40. The van der Waals surface area contributed by atoms with Crippen LogP contribution in [-0.2, 0) is 10.9 Å². The van der Waals surface area contributed by atoms with E-state index in [4.69, 9.17) is 15.6 Å². The van der Waals surface area contributed by atoms with Crippen LogP contribution in [0.5, 0.6) is 0 Å². The van der Waals surface area contributed by atoms with Crippen LogP contribution in [0, 0.1) is 11.8 Å². The second kappa shape index (κ2) is 7.73. The number of rotatable bonds is 6.